The molecule has 0 saturated heterocycles. The van der Waals surface area contributed by atoms with Crippen molar-refractivity contribution in [2.75, 3.05) is 14.2 Å². The van der Waals surface area contributed by atoms with Crippen LogP contribution < -0.4 is 14.8 Å². The number of ether oxygens (including phenoxy) is 2. The van der Waals surface area contributed by atoms with Crippen LogP contribution in [0.4, 0.5) is 13.2 Å². The first-order valence-corrected chi connectivity index (χ1v) is 6.16. The summed E-state index contributed by atoms with van der Waals surface area (Å²) in [6, 6.07) is 1.98. The molecular formula is C13H13F3N2O4. The van der Waals surface area contributed by atoms with Crippen LogP contribution in [-0.2, 0) is 4.79 Å². The maximum absolute atomic E-state index is 12.4. The Morgan fingerprint density at radius 2 is 1.91 bits per heavy atom. The zero-order chi connectivity index (χ0) is 16.5. The van der Waals surface area contributed by atoms with Crippen molar-refractivity contribution >= 4 is 11.6 Å². The first kappa shape index (κ1) is 15.9. The van der Waals surface area contributed by atoms with E-state index in [-0.39, 0.29) is 12.1 Å². The molecule has 1 unspecified atom stereocenters. The normalized spacial score (nSPS) is 19.0. The first-order chi connectivity index (χ1) is 10.3. The second kappa shape index (κ2) is 5.74. The molecule has 1 aliphatic rings. The van der Waals surface area contributed by atoms with Crippen molar-refractivity contribution in [2.24, 2.45) is 5.16 Å². The first-order valence-electron chi connectivity index (χ1n) is 6.16. The van der Waals surface area contributed by atoms with Gasteiger partial charge in [0.25, 0.3) is 0 Å². The van der Waals surface area contributed by atoms with Gasteiger partial charge in [0.1, 0.15) is 0 Å². The van der Waals surface area contributed by atoms with E-state index in [9.17, 15) is 18.0 Å². The number of rotatable bonds is 3. The van der Waals surface area contributed by atoms with E-state index in [1.165, 1.54) is 26.4 Å². The third kappa shape index (κ3) is 2.78. The summed E-state index contributed by atoms with van der Waals surface area (Å²) >= 11 is 0. The lowest BCUT2D eigenvalue weighted by Gasteiger charge is -2.16. The Morgan fingerprint density at radius 1 is 1.32 bits per heavy atom. The predicted molar refractivity (Wildman–Crippen MR) is 69.4 cm³/mol. The zero-order valence-corrected chi connectivity index (χ0v) is 11.7. The quantitative estimate of drug-likeness (QED) is 0.660. The summed E-state index contributed by atoms with van der Waals surface area (Å²) in [6.45, 7) is 0. The number of oxime groups is 1. The van der Waals surface area contributed by atoms with Crippen molar-refractivity contribution in [1.29, 1.82) is 0 Å². The largest absolute Gasteiger partial charge is 0.493 e. The smallest absolute Gasteiger partial charge is 0.471 e. The minimum absolute atomic E-state index is 0.0655. The van der Waals surface area contributed by atoms with Gasteiger partial charge in [-0.15, -0.1) is 0 Å². The molecule has 0 radical (unpaired) electrons. The Kier molecular flexibility index (Phi) is 4.16. The average molecular weight is 318 g/mol. The molecule has 22 heavy (non-hydrogen) atoms. The number of nitrogens with zero attached hydrogens (tertiary/aromatic N) is 1. The summed E-state index contributed by atoms with van der Waals surface area (Å²) in [6.07, 6.45) is -5.06. The average Bonchev–Trinajstić information content (AvgIpc) is 2.81. The molecule has 6 nitrogen and oxygen atoms in total. The molecule has 1 aromatic carbocycles. The number of halogens is 3. The van der Waals surface area contributed by atoms with Gasteiger partial charge in [-0.2, -0.15) is 13.2 Å². The molecule has 0 fully saturated rings. The molecule has 1 aromatic rings. The number of hydrogen-bond acceptors (Lipinski definition) is 5. The molecule has 0 aromatic heterocycles. The van der Waals surface area contributed by atoms with E-state index < -0.39 is 18.1 Å². The Balaban J connectivity index is 2.42. The van der Waals surface area contributed by atoms with E-state index in [0.717, 1.165) is 0 Å². The molecular weight excluding hydrogens is 305 g/mol. The number of carbonyl (C=O) groups excluding carboxylic acids is 1. The Labute approximate surface area is 123 Å². The van der Waals surface area contributed by atoms with Crippen LogP contribution in [0, 0.1) is 0 Å². The summed E-state index contributed by atoms with van der Waals surface area (Å²) < 4.78 is 47.3. The van der Waals surface area contributed by atoms with Crippen molar-refractivity contribution in [3.05, 3.63) is 23.3 Å². The highest BCUT2D eigenvalue weighted by atomic mass is 19.4. The van der Waals surface area contributed by atoms with Gasteiger partial charge in [-0.05, 0) is 17.7 Å². The number of nitrogens with one attached hydrogen (secondary N) is 1. The van der Waals surface area contributed by atoms with E-state index in [0.29, 0.717) is 22.6 Å². The molecule has 1 atom stereocenters. The van der Waals surface area contributed by atoms with Gasteiger partial charge in [-0.25, -0.2) is 0 Å². The van der Waals surface area contributed by atoms with Crippen LogP contribution in [-0.4, -0.2) is 37.2 Å². The number of amides is 1. The van der Waals surface area contributed by atoms with Crippen molar-refractivity contribution < 1.29 is 32.6 Å². The Morgan fingerprint density at radius 3 is 2.41 bits per heavy atom. The molecule has 0 bridgehead atoms. The van der Waals surface area contributed by atoms with Crippen molar-refractivity contribution in [1.82, 2.24) is 5.32 Å². The SMILES string of the molecule is COc1cc2c(cc1OC)C(NC(=O)C(F)(F)F)CC2=NO. The van der Waals surface area contributed by atoms with E-state index in [1.807, 2.05) is 5.32 Å². The van der Waals surface area contributed by atoms with Crippen LogP contribution in [0.25, 0.3) is 0 Å². The fourth-order valence-electron chi connectivity index (χ4n) is 2.31. The number of carbonyl (C=O) groups is 1. The zero-order valence-electron chi connectivity index (χ0n) is 11.7. The van der Waals surface area contributed by atoms with Gasteiger partial charge in [-0.3, -0.25) is 4.79 Å². The molecule has 0 heterocycles. The molecule has 9 heteroatoms. The summed E-state index contributed by atoms with van der Waals surface area (Å²) in [5.74, 6) is -1.42. The number of fused-ring (bicyclic) bond motifs is 1. The third-order valence-electron chi connectivity index (χ3n) is 3.32. The lowest BCUT2D eigenvalue weighted by atomic mass is 10.1. The molecule has 2 rings (SSSR count). The van der Waals surface area contributed by atoms with Gasteiger partial charge in [0.05, 0.1) is 26.0 Å². The van der Waals surface area contributed by atoms with Gasteiger partial charge in [0, 0.05) is 12.0 Å². The summed E-state index contributed by atoms with van der Waals surface area (Å²) in [7, 11) is 2.78. The van der Waals surface area contributed by atoms with Gasteiger partial charge >= 0.3 is 12.1 Å². The Hall–Kier alpha value is -2.45. The topological polar surface area (TPSA) is 80.2 Å². The number of benzene rings is 1. The van der Waals surface area contributed by atoms with Crippen LogP contribution in [0.1, 0.15) is 23.6 Å². The van der Waals surface area contributed by atoms with Gasteiger partial charge in [0.15, 0.2) is 11.5 Å². The molecule has 1 aliphatic carbocycles. The van der Waals surface area contributed by atoms with Crippen LogP contribution in [0.2, 0.25) is 0 Å². The van der Waals surface area contributed by atoms with Gasteiger partial charge < -0.3 is 20.0 Å². The highest BCUT2D eigenvalue weighted by Crippen LogP contribution is 2.40. The monoisotopic (exact) mass is 318 g/mol. The highest BCUT2D eigenvalue weighted by molar-refractivity contribution is 6.06. The molecule has 0 saturated carbocycles. The summed E-state index contributed by atoms with van der Waals surface area (Å²) in [5.41, 5.74) is 0.916. The van der Waals surface area contributed by atoms with Crippen LogP contribution in [0.5, 0.6) is 11.5 Å². The van der Waals surface area contributed by atoms with Crippen LogP contribution in [0.3, 0.4) is 0 Å². The number of methoxy groups -OCH3 is 2. The molecule has 2 N–H and O–H groups in total. The summed E-state index contributed by atoms with van der Waals surface area (Å²) in [5, 5.41) is 13.9. The van der Waals surface area contributed by atoms with Crippen molar-refractivity contribution in [3.63, 3.8) is 0 Å². The van der Waals surface area contributed by atoms with E-state index in [4.69, 9.17) is 14.7 Å². The second-order valence-electron chi connectivity index (χ2n) is 4.57. The summed E-state index contributed by atoms with van der Waals surface area (Å²) in [4.78, 5) is 11.1. The molecule has 120 valence electrons. The van der Waals surface area contributed by atoms with Crippen LogP contribution in [0.15, 0.2) is 17.3 Å². The Bertz CT molecular complexity index is 628. The standard InChI is InChI=1S/C13H13F3N2O4/c1-21-10-3-6-7(4-11(10)22-2)9(18-20)5-8(6)17-12(19)13(14,15)16/h3-4,8,20H,5H2,1-2H3,(H,17,19). The fraction of sp³-hybridized carbons (Fsp3) is 0.385. The lowest BCUT2D eigenvalue weighted by molar-refractivity contribution is -0.174. The minimum Gasteiger partial charge on any atom is -0.493 e. The van der Waals surface area contributed by atoms with Crippen molar-refractivity contribution in [3.8, 4) is 11.5 Å². The predicted octanol–water partition coefficient (Wildman–Crippen LogP) is 2.01. The van der Waals surface area contributed by atoms with Gasteiger partial charge in [0.2, 0.25) is 0 Å². The number of alkyl halides is 3. The number of hydrogen-bond donors (Lipinski definition) is 2. The molecule has 0 aliphatic heterocycles. The molecule has 0 spiro atoms. The minimum atomic E-state index is -4.99. The fourth-order valence-corrected chi connectivity index (χ4v) is 2.31. The maximum atomic E-state index is 12.4. The third-order valence-corrected chi connectivity index (χ3v) is 3.32. The van der Waals surface area contributed by atoms with E-state index in [2.05, 4.69) is 5.16 Å². The highest BCUT2D eigenvalue weighted by Gasteiger charge is 2.42. The van der Waals surface area contributed by atoms with Crippen molar-refractivity contribution in [2.45, 2.75) is 18.6 Å². The van der Waals surface area contributed by atoms with E-state index >= 15 is 0 Å². The van der Waals surface area contributed by atoms with E-state index in [1.54, 1.807) is 0 Å². The second-order valence-corrected chi connectivity index (χ2v) is 4.57. The van der Waals surface area contributed by atoms with Gasteiger partial charge in [-0.1, -0.05) is 5.16 Å². The van der Waals surface area contributed by atoms with Crippen LogP contribution >= 0.6 is 0 Å². The maximum Gasteiger partial charge on any atom is 0.471 e. The lowest BCUT2D eigenvalue weighted by Crippen LogP contribution is -2.38. The molecule has 1 amide bonds.